The summed E-state index contributed by atoms with van der Waals surface area (Å²) >= 11 is 0. The van der Waals surface area contributed by atoms with Gasteiger partial charge in [0, 0.05) is 45.1 Å². The first-order valence-corrected chi connectivity index (χ1v) is 10.1. The highest BCUT2D eigenvalue weighted by molar-refractivity contribution is 5.94. The molecule has 0 bridgehead atoms. The second-order valence-corrected chi connectivity index (χ2v) is 7.19. The largest absolute Gasteiger partial charge is 0.474 e. The van der Waals surface area contributed by atoms with Crippen molar-refractivity contribution >= 4 is 12.0 Å². The minimum Gasteiger partial charge on any atom is -0.474 e. The summed E-state index contributed by atoms with van der Waals surface area (Å²) in [4.78, 5) is 32.6. The van der Waals surface area contributed by atoms with Gasteiger partial charge in [0.1, 0.15) is 12.4 Å². The van der Waals surface area contributed by atoms with Crippen LogP contribution in [0.2, 0.25) is 0 Å². The van der Waals surface area contributed by atoms with Gasteiger partial charge in [-0.25, -0.2) is 19.2 Å². The second kappa shape index (κ2) is 10.7. The van der Waals surface area contributed by atoms with Gasteiger partial charge in [-0.2, -0.15) is 0 Å². The molecule has 0 atom stereocenters. The van der Waals surface area contributed by atoms with Crippen LogP contribution in [-0.4, -0.2) is 71.4 Å². The fourth-order valence-electron chi connectivity index (χ4n) is 3.16. The molecule has 2 aromatic rings. The summed E-state index contributed by atoms with van der Waals surface area (Å²) in [6.45, 7) is 3.11. The van der Waals surface area contributed by atoms with Crippen LogP contribution in [0.15, 0.2) is 24.5 Å². The van der Waals surface area contributed by atoms with E-state index in [2.05, 4.69) is 15.3 Å². The van der Waals surface area contributed by atoms with Crippen molar-refractivity contribution in [3.05, 3.63) is 41.5 Å². The maximum absolute atomic E-state index is 14.5. The van der Waals surface area contributed by atoms with E-state index >= 15 is 0 Å². The molecule has 2 heterocycles. The third-order valence-corrected chi connectivity index (χ3v) is 4.97. The molecule has 3 rings (SSSR count). The fraction of sp³-hybridized carbons (Fsp3) is 0.429. The Balaban J connectivity index is 1.65. The van der Waals surface area contributed by atoms with Crippen LogP contribution in [-0.2, 0) is 4.74 Å². The maximum atomic E-state index is 14.5. The number of benzene rings is 1. The number of amides is 2. The number of ether oxygens (including phenoxy) is 3. The molecule has 1 fully saturated rings. The lowest BCUT2D eigenvalue weighted by atomic mass is 10.1. The van der Waals surface area contributed by atoms with Crippen molar-refractivity contribution in [2.24, 2.45) is 0 Å². The van der Waals surface area contributed by atoms with Gasteiger partial charge in [0.15, 0.2) is 11.6 Å². The normalized spacial score (nSPS) is 14.2. The van der Waals surface area contributed by atoms with Crippen molar-refractivity contribution in [2.75, 3.05) is 33.4 Å². The number of hydrogen-bond donors (Lipinski definition) is 2. The monoisotopic (exact) mass is 448 g/mol. The molecule has 0 spiro atoms. The summed E-state index contributed by atoms with van der Waals surface area (Å²) in [5, 5.41) is 11.7. The van der Waals surface area contributed by atoms with Crippen LogP contribution in [0.4, 0.5) is 9.18 Å². The minimum absolute atomic E-state index is 0.0963. The van der Waals surface area contributed by atoms with E-state index in [1.54, 1.807) is 6.92 Å². The van der Waals surface area contributed by atoms with E-state index < -0.39 is 17.8 Å². The molecule has 0 saturated carbocycles. The van der Waals surface area contributed by atoms with Crippen LogP contribution < -0.4 is 14.8 Å². The smallest absolute Gasteiger partial charge is 0.407 e. The molecular weight excluding hydrogens is 423 g/mol. The van der Waals surface area contributed by atoms with Gasteiger partial charge in [-0.15, -0.1) is 0 Å². The molecule has 1 saturated heterocycles. The van der Waals surface area contributed by atoms with E-state index in [1.165, 1.54) is 30.5 Å². The van der Waals surface area contributed by atoms with Crippen LogP contribution >= 0.6 is 0 Å². The Bertz CT molecular complexity index is 965. The van der Waals surface area contributed by atoms with Crippen LogP contribution in [0.3, 0.4) is 0 Å². The van der Waals surface area contributed by atoms with Crippen LogP contribution in [0.5, 0.6) is 17.5 Å². The SMILES string of the molecule is COCCNC(=O)c1ccc(Oc2ncnc(OC3CCN(C(=O)O)CC3)c2C)c(F)c1. The molecular formula is C21H25FN4O6. The molecule has 2 N–H and O–H groups in total. The Labute approximate surface area is 184 Å². The Morgan fingerprint density at radius 1 is 1.25 bits per heavy atom. The molecule has 0 radical (unpaired) electrons. The minimum atomic E-state index is -0.946. The van der Waals surface area contributed by atoms with E-state index in [0.29, 0.717) is 50.5 Å². The quantitative estimate of drug-likeness (QED) is 0.591. The number of methoxy groups -OCH3 is 1. The molecule has 10 nitrogen and oxygen atoms in total. The summed E-state index contributed by atoms with van der Waals surface area (Å²) in [6.07, 6.45) is 1.18. The summed E-state index contributed by atoms with van der Waals surface area (Å²) < 4.78 is 30.9. The van der Waals surface area contributed by atoms with E-state index in [1.807, 2.05) is 0 Å². The van der Waals surface area contributed by atoms with Crippen molar-refractivity contribution in [3.63, 3.8) is 0 Å². The number of carbonyl (C=O) groups excluding carboxylic acids is 1. The summed E-state index contributed by atoms with van der Waals surface area (Å²) in [5.41, 5.74) is 0.635. The lowest BCUT2D eigenvalue weighted by molar-refractivity contribution is 0.0863. The van der Waals surface area contributed by atoms with Gasteiger partial charge in [0.05, 0.1) is 12.2 Å². The highest BCUT2D eigenvalue weighted by Crippen LogP contribution is 2.30. The maximum Gasteiger partial charge on any atom is 0.407 e. The molecule has 11 heteroatoms. The first kappa shape index (κ1) is 23.2. The molecule has 1 aliphatic rings. The van der Waals surface area contributed by atoms with Crippen molar-refractivity contribution in [1.82, 2.24) is 20.2 Å². The van der Waals surface area contributed by atoms with Crippen LogP contribution in [0.25, 0.3) is 0 Å². The topological polar surface area (TPSA) is 123 Å². The lowest BCUT2D eigenvalue weighted by Crippen LogP contribution is -2.41. The van der Waals surface area contributed by atoms with E-state index in [4.69, 9.17) is 19.3 Å². The van der Waals surface area contributed by atoms with Gasteiger partial charge >= 0.3 is 6.09 Å². The van der Waals surface area contributed by atoms with Gasteiger partial charge in [-0.3, -0.25) is 4.79 Å². The zero-order valence-corrected chi connectivity index (χ0v) is 17.8. The van der Waals surface area contributed by atoms with Crippen molar-refractivity contribution in [3.8, 4) is 17.5 Å². The Hall–Kier alpha value is -3.47. The molecule has 1 aromatic heterocycles. The average molecular weight is 448 g/mol. The number of halogens is 1. The van der Waals surface area contributed by atoms with Gasteiger partial charge in [0.25, 0.3) is 5.91 Å². The molecule has 1 aliphatic heterocycles. The number of likely N-dealkylation sites (tertiary alicyclic amines) is 1. The van der Waals surface area contributed by atoms with Gasteiger partial charge < -0.3 is 29.5 Å². The predicted octanol–water partition coefficient (Wildman–Crippen LogP) is 2.61. The van der Waals surface area contributed by atoms with E-state index in [9.17, 15) is 14.0 Å². The van der Waals surface area contributed by atoms with Crippen LogP contribution in [0, 0.1) is 12.7 Å². The number of piperidine rings is 1. The highest BCUT2D eigenvalue weighted by atomic mass is 19.1. The van der Waals surface area contributed by atoms with Gasteiger partial charge in [-0.1, -0.05) is 0 Å². The Morgan fingerprint density at radius 3 is 2.62 bits per heavy atom. The molecule has 1 aromatic carbocycles. The number of nitrogens with zero attached hydrogens (tertiary/aromatic N) is 3. The Kier molecular flexibility index (Phi) is 7.77. The lowest BCUT2D eigenvalue weighted by Gasteiger charge is -2.30. The summed E-state index contributed by atoms with van der Waals surface area (Å²) in [7, 11) is 1.52. The fourth-order valence-corrected chi connectivity index (χ4v) is 3.16. The Morgan fingerprint density at radius 2 is 1.97 bits per heavy atom. The number of nitrogens with one attached hydrogen (secondary N) is 1. The number of aromatic nitrogens is 2. The zero-order valence-electron chi connectivity index (χ0n) is 17.8. The molecule has 172 valence electrons. The van der Waals surface area contributed by atoms with Crippen LogP contribution in [0.1, 0.15) is 28.8 Å². The van der Waals surface area contributed by atoms with Crippen molar-refractivity contribution < 1.29 is 33.3 Å². The number of rotatable bonds is 8. The summed E-state index contributed by atoms with van der Waals surface area (Å²) in [6, 6.07) is 3.89. The third kappa shape index (κ3) is 5.82. The average Bonchev–Trinajstić information content (AvgIpc) is 2.78. The summed E-state index contributed by atoms with van der Waals surface area (Å²) in [5.74, 6) is -0.824. The first-order valence-electron chi connectivity index (χ1n) is 10.1. The first-order chi connectivity index (χ1) is 15.4. The van der Waals surface area contributed by atoms with E-state index in [0.717, 1.165) is 6.07 Å². The van der Waals surface area contributed by atoms with Gasteiger partial charge in [-0.05, 0) is 25.1 Å². The van der Waals surface area contributed by atoms with Crippen molar-refractivity contribution in [2.45, 2.75) is 25.9 Å². The predicted molar refractivity (Wildman–Crippen MR) is 111 cm³/mol. The zero-order chi connectivity index (χ0) is 23.1. The van der Waals surface area contributed by atoms with Gasteiger partial charge in [0.2, 0.25) is 11.8 Å². The molecule has 32 heavy (non-hydrogen) atoms. The second-order valence-electron chi connectivity index (χ2n) is 7.19. The highest BCUT2D eigenvalue weighted by Gasteiger charge is 2.25. The van der Waals surface area contributed by atoms with Crippen molar-refractivity contribution in [1.29, 1.82) is 0 Å². The number of carbonyl (C=O) groups is 2. The van der Waals surface area contributed by atoms with E-state index in [-0.39, 0.29) is 23.3 Å². The third-order valence-electron chi connectivity index (χ3n) is 4.97. The number of hydrogen-bond acceptors (Lipinski definition) is 7. The molecule has 0 unspecified atom stereocenters. The standard InChI is InChI=1S/C21H25FN4O6/c1-13-19(31-15-5-8-26(9-6-15)21(28)29)24-12-25-20(13)32-17-4-3-14(11-16(17)22)18(27)23-7-10-30-2/h3-4,11-12,15H,5-10H2,1-2H3,(H,23,27)(H,28,29). The molecule has 2 amide bonds. The number of carboxylic acid groups (broad SMARTS) is 1. The molecule has 0 aliphatic carbocycles.